The molecule has 3 aliphatic rings. The molecule has 196 valence electrons. The van der Waals surface area contributed by atoms with Crippen LogP contribution in [0, 0.1) is 0 Å². The molecule has 1 aromatic heterocycles. The smallest absolute Gasteiger partial charge is 0.261 e. The molecule has 2 aromatic carbocycles. The van der Waals surface area contributed by atoms with Gasteiger partial charge in [0.1, 0.15) is 0 Å². The first-order chi connectivity index (χ1) is 18.6. The topological polar surface area (TPSA) is 78.9 Å². The van der Waals surface area contributed by atoms with Crippen LogP contribution >= 0.6 is 11.6 Å². The lowest BCUT2D eigenvalue weighted by molar-refractivity contribution is -0.0864. The first-order valence-corrected chi connectivity index (χ1v) is 13.5. The van der Waals surface area contributed by atoms with Crippen LogP contribution in [0.25, 0.3) is 0 Å². The number of morpholine rings is 1. The van der Waals surface area contributed by atoms with E-state index in [1.165, 1.54) is 10.5 Å². The number of piperidine rings is 1. The number of carbonyl (C=O) groups is 2. The summed E-state index contributed by atoms with van der Waals surface area (Å²) >= 11 is 6.12. The molecule has 0 aliphatic carbocycles. The van der Waals surface area contributed by atoms with E-state index in [9.17, 15) is 9.59 Å². The number of amides is 2. The average Bonchev–Trinajstić information content (AvgIpc) is 3.20. The second-order valence-corrected chi connectivity index (χ2v) is 10.6. The summed E-state index contributed by atoms with van der Waals surface area (Å²) < 4.78 is 6.31. The van der Waals surface area contributed by atoms with E-state index in [0.717, 1.165) is 43.3 Å². The molecular formula is C29H30ClN5O3. The number of fused-ring (bicyclic) bond motifs is 1. The largest absolute Gasteiger partial charge is 0.373 e. The van der Waals surface area contributed by atoms with Crippen LogP contribution in [0.2, 0.25) is 5.02 Å². The number of carbonyl (C=O) groups excluding carboxylic acids is 2. The zero-order valence-electron chi connectivity index (χ0n) is 21.1. The van der Waals surface area contributed by atoms with Crippen LogP contribution in [0.1, 0.15) is 39.1 Å². The fraction of sp³-hybridized carbons (Fsp3) is 0.379. The predicted molar refractivity (Wildman–Crippen MR) is 144 cm³/mol. The van der Waals surface area contributed by atoms with Crippen LogP contribution in [0.4, 0.5) is 5.95 Å². The number of hydrogen-bond donors (Lipinski definition) is 0. The lowest BCUT2D eigenvalue weighted by atomic mass is 9.96. The average molecular weight is 532 g/mol. The summed E-state index contributed by atoms with van der Waals surface area (Å²) in [4.78, 5) is 40.9. The van der Waals surface area contributed by atoms with E-state index in [4.69, 9.17) is 16.3 Å². The van der Waals surface area contributed by atoms with Crippen LogP contribution in [-0.4, -0.2) is 82.6 Å². The van der Waals surface area contributed by atoms with Crippen molar-refractivity contribution < 1.29 is 14.3 Å². The number of benzene rings is 2. The van der Waals surface area contributed by atoms with Crippen molar-refractivity contribution in [3.05, 3.63) is 88.7 Å². The highest BCUT2D eigenvalue weighted by molar-refractivity contribution is 6.30. The highest BCUT2D eigenvalue weighted by Crippen LogP contribution is 2.28. The quantitative estimate of drug-likeness (QED) is 0.449. The van der Waals surface area contributed by atoms with E-state index in [1.807, 2.05) is 18.2 Å². The van der Waals surface area contributed by atoms with Crippen molar-refractivity contribution in [3.63, 3.8) is 0 Å². The summed E-state index contributed by atoms with van der Waals surface area (Å²) in [5.41, 5.74) is 2.16. The van der Waals surface area contributed by atoms with E-state index in [-0.39, 0.29) is 30.5 Å². The molecular weight excluding hydrogens is 502 g/mol. The molecule has 3 aromatic rings. The third-order valence-electron chi connectivity index (χ3n) is 7.83. The van der Waals surface area contributed by atoms with Gasteiger partial charge in [-0.05, 0) is 55.2 Å². The molecule has 0 spiro atoms. The summed E-state index contributed by atoms with van der Waals surface area (Å²) in [5, 5.41) is 0.724. The third kappa shape index (κ3) is 5.04. The van der Waals surface area contributed by atoms with Gasteiger partial charge in [0.05, 0.1) is 30.4 Å². The minimum absolute atomic E-state index is 0.194. The Bertz CT molecular complexity index is 1260. The van der Waals surface area contributed by atoms with E-state index >= 15 is 0 Å². The maximum absolute atomic E-state index is 13.0. The Balaban J connectivity index is 1.17. The molecule has 0 N–H and O–H groups in total. The molecule has 2 saturated heterocycles. The molecule has 38 heavy (non-hydrogen) atoms. The summed E-state index contributed by atoms with van der Waals surface area (Å²) in [7, 11) is 0. The molecule has 2 fully saturated rings. The van der Waals surface area contributed by atoms with Crippen LogP contribution in [0.3, 0.4) is 0 Å². The first kappa shape index (κ1) is 25.0. The second kappa shape index (κ2) is 10.8. The Kier molecular flexibility index (Phi) is 7.10. The van der Waals surface area contributed by atoms with Gasteiger partial charge in [0.25, 0.3) is 11.8 Å². The molecule has 9 heteroatoms. The molecule has 6 rings (SSSR count). The van der Waals surface area contributed by atoms with Crippen LogP contribution < -0.4 is 4.90 Å². The second-order valence-electron chi connectivity index (χ2n) is 10.2. The van der Waals surface area contributed by atoms with Gasteiger partial charge < -0.3 is 9.64 Å². The minimum atomic E-state index is -0.242. The van der Waals surface area contributed by atoms with Gasteiger partial charge in [0.2, 0.25) is 5.95 Å². The predicted octanol–water partition coefficient (Wildman–Crippen LogP) is 3.71. The Morgan fingerprint density at radius 2 is 1.55 bits per heavy atom. The van der Waals surface area contributed by atoms with Gasteiger partial charge in [0, 0.05) is 49.1 Å². The van der Waals surface area contributed by atoms with Crippen molar-refractivity contribution in [2.45, 2.75) is 37.5 Å². The van der Waals surface area contributed by atoms with Crippen LogP contribution in [0.15, 0.2) is 67.0 Å². The number of anilines is 1. The minimum Gasteiger partial charge on any atom is -0.373 e. The SMILES string of the molecule is O=C1c2ccccc2C(=O)N1CC1CN(C2CCN(c3ncccn3)CC2)C(Cc2ccc(Cl)cc2)CO1. The normalized spacial score (nSPS) is 22.7. The molecule has 0 saturated carbocycles. The molecule has 2 amide bonds. The number of imide groups is 1. The summed E-state index contributed by atoms with van der Waals surface area (Å²) in [6.07, 6.45) is 6.13. The number of halogens is 1. The maximum atomic E-state index is 13.0. The Morgan fingerprint density at radius 1 is 0.895 bits per heavy atom. The van der Waals surface area contributed by atoms with Crippen molar-refractivity contribution in [1.82, 2.24) is 19.8 Å². The van der Waals surface area contributed by atoms with E-state index in [0.29, 0.717) is 30.3 Å². The van der Waals surface area contributed by atoms with Crippen LogP contribution in [0.5, 0.6) is 0 Å². The van der Waals surface area contributed by atoms with Crippen molar-refractivity contribution >= 4 is 29.4 Å². The number of hydrogen-bond acceptors (Lipinski definition) is 7. The Morgan fingerprint density at radius 3 is 2.21 bits per heavy atom. The molecule has 2 unspecified atom stereocenters. The summed E-state index contributed by atoms with van der Waals surface area (Å²) in [6.45, 7) is 3.22. The van der Waals surface area contributed by atoms with Crippen molar-refractivity contribution in [2.24, 2.45) is 0 Å². The lowest BCUT2D eigenvalue weighted by Crippen LogP contribution is -2.59. The Hall–Kier alpha value is -3.33. The monoisotopic (exact) mass is 531 g/mol. The third-order valence-corrected chi connectivity index (χ3v) is 8.08. The highest BCUT2D eigenvalue weighted by atomic mass is 35.5. The van der Waals surface area contributed by atoms with E-state index in [2.05, 4.69) is 31.9 Å². The zero-order valence-corrected chi connectivity index (χ0v) is 21.8. The van der Waals surface area contributed by atoms with Gasteiger partial charge >= 0.3 is 0 Å². The Labute approximate surface area is 227 Å². The van der Waals surface area contributed by atoms with E-state index < -0.39 is 0 Å². The lowest BCUT2D eigenvalue weighted by Gasteiger charge is -2.47. The van der Waals surface area contributed by atoms with Crippen LogP contribution in [-0.2, 0) is 11.2 Å². The van der Waals surface area contributed by atoms with Gasteiger partial charge in [-0.3, -0.25) is 19.4 Å². The van der Waals surface area contributed by atoms with Gasteiger partial charge in [-0.15, -0.1) is 0 Å². The molecule has 3 aliphatic heterocycles. The number of aromatic nitrogens is 2. The molecule has 2 atom stereocenters. The standard InChI is InChI=1S/C29H30ClN5O3/c30-21-8-6-20(7-9-21)16-23-19-38-24(18-35-27(36)25-4-1-2-5-26(25)28(35)37)17-34(23)22-10-14-33(15-11-22)29-31-12-3-13-32-29/h1-9,12-13,22-24H,10-11,14-19H2. The van der Waals surface area contributed by atoms with Gasteiger partial charge in [-0.2, -0.15) is 0 Å². The number of nitrogens with zero attached hydrogens (tertiary/aromatic N) is 5. The number of rotatable bonds is 6. The summed E-state index contributed by atoms with van der Waals surface area (Å²) in [6, 6.07) is 17.4. The maximum Gasteiger partial charge on any atom is 0.261 e. The molecule has 4 heterocycles. The van der Waals surface area contributed by atoms with Gasteiger partial charge in [0.15, 0.2) is 0 Å². The number of ether oxygens (including phenoxy) is 1. The first-order valence-electron chi connectivity index (χ1n) is 13.2. The zero-order chi connectivity index (χ0) is 26.1. The van der Waals surface area contributed by atoms with Crippen molar-refractivity contribution in [3.8, 4) is 0 Å². The fourth-order valence-electron chi connectivity index (χ4n) is 5.87. The molecule has 0 bridgehead atoms. The summed E-state index contributed by atoms with van der Waals surface area (Å²) in [5.74, 6) is 0.301. The molecule has 0 radical (unpaired) electrons. The van der Waals surface area contributed by atoms with Gasteiger partial charge in [-0.25, -0.2) is 9.97 Å². The fourth-order valence-corrected chi connectivity index (χ4v) is 5.99. The van der Waals surface area contributed by atoms with Crippen molar-refractivity contribution in [2.75, 3.05) is 37.7 Å². The molecule has 8 nitrogen and oxygen atoms in total. The van der Waals surface area contributed by atoms with Gasteiger partial charge in [-0.1, -0.05) is 35.9 Å². The van der Waals surface area contributed by atoms with Crippen molar-refractivity contribution in [1.29, 1.82) is 0 Å². The highest BCUT2D eigenvalue weighted by Gasteiger charge is 2.40. The van der Waals surface area contributed by atoms with E-state index in [1.54, 1.807) is 36.7 Å².